The zero-order valence-corrected chi connectivity index (χ0v) is 12.0. The molecule has 1 amide bonds. The number of amides is 1. The Balaban J connectivity index is 2.45. The van der Waals surface area contributed by atoms with Crippen molar-refractivity contribution in [3.8, 4) is 0 Å². The van der Waals surface area contributed by atoms with Gasteiger partial charge in [-0.3, -0.25) is 9.48 Å². The number of nitrogens with one attached hydrogen (secondary N) is 1. The molecule has 0 aliphatic carbocycles. The first-order valence-electron chi connectivity index (χ1n) is 6.30. The lowest BCUT2D eigenvalue weighted by atomic mass is 10.2. The van der Waals surface area contributed by atoms with Gasteiger partial charge in [0.15, 0.2) is 0 Å². The third-order valence-corrected chi connectivity index (χ3v) is 3.03. The Hall–Kier alpha value is -1.11. The lowest BCUT2D eigenvalue weighted by Gasteiger charge is -2.06. The van der Waals surface area contributed by atoms with Crippen LogP contribution in [0.5, 0.6) is 0 Å². The van der Waals surface area contributed by atoms with E-state index in [-0.39, 0.29) is 12.5 Å². The van der Waals surface area contributed by atoms with Crippen molar-refractivity contribution in [3.05, 3.63) is 16.4 Å². The van der Waals surface area contributed by atoms with Crippen LogP contribution in [0.2, 0.25) is 5.15 Å². The van der Waals surface area contributed by atoms with E-state index in [1.54, 1.807) is 7.05 Å². The van der Waals surface area contributed by atoms with Crippen LogP contribution in [0.4, 0.5) is 0 Å². The maximum Gasteiger partial charge on any atom is 0.256 e. The monoisotopic (exact) mass is 289 g/mol. The molecule has 0 aliphatic rings. The maximum absolute atomic E-state index is 12.0. The highest BCUT2D eigenvalue weighted by Crippen LogP contribution is 2.19. The molecular formula is C12H20ClN3O3. The fraction of sp³-hybridized carbons (Fsp3) is 0.667. The molecule has 0 radical (unpaired) electrons. The molecule has 19 heavy (non-hydrogen) atoms. The van der Waals surface area contributed by atoms with Crippen LogP contribution in [-0.2, 0) is 18.2 Å². The van der Waals surface area contributed by atoms with Gasteiger partial charge in [-0.1, -0.05) is 18.5 Å². The summed E-state index contributed by atoms with van der Waals surface area (Å²) in [4.78, 5) is 12.0. The van der Waals surface area contributed by atoms with Gasteiger partial charge < -0.3 is 15.2 Å². The molecule has 1 rings (SSSR count). The third kappa shape index (κ3) is 4.49. The van der Waals surface area contributed by atoms with Gasteiger partial charge in [0.25, 0.3) is 5.91 Å². The molecule has 0 unspecified atom stereocenters. The fourth-order valence-electron chi connectivity index (χ4n) is 1.66. The molecule has 0 fully saturated rings. The highest BCUT2D eigenvalue weighted by molar-refractivity contribution is 6.33. The average molecular weight is 290 g/mol. The fourth-order valence-corrected chi connectivity index (χ4v) is 1.89. The Morgan fingerprint density at radius 2 is 2.26 bits per heavy atom. The molecule has 1 heterocycles. The molecule has 1 aromatic heterocycles. The lowest BCUT2D eigenvalue weighted by Crippen LogP contribution is -2.26. The standard InChI is InChI=1S/C12H20ClN3O3/c1-3-9-10(11(13)16(2)15-9)12(18)14-5-4-7-19-8-6-17/h17H,3-8H2,1-2H3,(H,14,18). The Bertz CT molecular complexity index is 421. The first-order valence-corrected chi connectivity index (χ1v) is 6.67. The largest absolute Gasteiger partial charge is 0.394 e. The van der Waals surface area contributed by atoms with Crippen molar-refractivity contribution in [1.82, 2.24) is 15.1 Å². The highest BCUT2D eigenvalue weighted by Gasteiger charge is 2.19. The van der Waals surface area contributed by atoms with E-state index in [0.29, 0.717) is 49.0 Å². The van der Waals surface area contributed by atoms with Crippen LogP contribution in [0.1, 0.15) is 29.4 Å². The van der Waals surface area contributed by atoms with Crippen molar-refractivity contribution < 1.29 is 14.6 Å². The smallest absolute Gasteiger partial charge is 0.256 e. The van der Waals surface area contributed by atoms with Crippen molar-refractivity contribution in [2.75, 3.05) is 26.4 Å². The van der Waals surface area contributed by atoms with E-state index < -0.39 is 0 Å². The van der Waals surface area contributed by atoms with Crippen molar-refractivity contribution in [3.63, 3.8) is 0 Å². The zero-order valence-electron chi connectivity index (χ0n) is 11.3. The first-order chi connectivity index (χ1) is 9.11. The molecule has 1 aromatic rings. The second kappa shape index (κ2) is 8.14. The summed E-state index contributed by atoms with van der Waals surface area (Å²) in [5, 5.41) is 15.9. The summed E-state index contributed by atoms with van der Waals surface area (Å²) < 4.78 is 6.60. The molecule has 0 aliphatic heterocycles. The number of carbonyl (C=O) groups is 1. The molecule has 2 N–H and O–H groups in total. The number of rotatable bonds is 8. The van der Waals surface area contributed by atoms with Crippen LogP contribution in [0, 0.1) is 0 Å². The Morgan fingerprint density at radius 1 is 1.53 bits per heavy atom. The van der Waals surface area contributed by atoms with Crippen LogP contribution in [0.15, 0.2) is 0 Å². The van der Waals surface area contributed by atoms with Crippen molar-refractivity contribution >= 4 is 17.5 Å². The molecule has 0 saturated heterocycles. The molecule has 0 saturated carbocycles. The molecule has 0 aromatic carbocycles. The molecule has 108 valence electrons. The van der Waals surface area contributed by atoms with Gasteiger partial charge in [-0.2, -0.15) is 5.10 Å². The number of aryl methyl sites for hydroxylation is 2. The predicted octanol–water partition coefficient (Wildman–Crippen LogP) is 0.765. The summed E-state index contributed by atoms with van der Waals surface area (Å²) >= 11 is 6.06. The second-order valence-corrected chi connectivity index (χ2v) is 4.39. The predicted molar refractivity (Wildman–Crippen MR) is 72.5 cm³/mol. The molecular weight excluding hydrogens is 270 g/mol. The highest BCUT2D eigenvalue weighted by atomic mass is 35.5. The van der Waals surface area contributed by atoms with Gasteiger partial charge in [0, 0.05) is 20.2 Å². The Labute approximate surface area is 117 Å². The number of aliphatic hydroxyl groups excluding tert-OH is 1. The first kappa shape index (κ1) is 15.9. The third-order valence-electron chi connectivity index (χ3n) is 2.60. The summed E-state index contributed by atoms with van der Waals surface area (Å²) in [6.07, 6.45) is 1.34. The van der Waals surface area contributed by atoms with E-state index >= 15 is 0 Å². The summed E-state index contributed by atoms with van der Waals surface area (Å²) in [6.45, 7) is 3.26. The summed E-state index contributed by atoms with van der Waals surface area (Å²) in [6, 6.07) is 0. The normalized spacial score (nSPS) is 10.7. The van der Waals surface area contributed by atoms with Gasteiger partial charge in [0.2, 0.25) is 0 Å². The minimum atomic E-state index is -0.211. The van der Waals surface area contributed by atoms with E-state index in [2.05, 4.69) is 10.4 Å². The van der Waals surface area contributed by atoms with Gasteiger partial charge in [0.05, 0.1) is 24.5 Å². The van der Waals surface area contributed by atoms with Crippen LogP contribution >= 0.6 is 11.6 Å². The number of aliphatic hydroxyl groups is 1. The number of halogens is 1. The van der Waals surface area contributed by atoms with Gasteiger partial charge in [0.1, 0.15) is 5.15 Å². The molecule has 0 spiro atoms. The van der Waals surface area contributed by atoms with Crippen LogP contribution < -0.4 is 5.32 Å². The van der Waals surface area contributed by atoms with Crippen LogP contribution in [0.25, 0.3) is 0 Å². The maximum atomic E-state index is 12.0. The van der Waals surface area contributed by atoms with Crippen molar-refractivity contribution in [2.24, 2.45) is 7.05 Å². The van der Waals surface area contributed by atoms with Gasteiger partial charge in [-0.25, -0.2) is 0 Å². The summed E-state index contributed by atoms with van der Waals surface area (Å²) in [5.74, 6) is -0.211. The summed E-state index contributed by atoms with van der Waals surface area (Å²) in [7, 11) is 1.71. The number of hydrogen-bond acceptors (Lipinski definition) is 4. The molecule has 0 bridgehead atoms. The summed E-state index contributed by atoms with van der Waals surface area (Å²) in [5.41, 5.74) is 1.14. The number of hydrogen-bond donors (Lipinski definition) is 2. The topological polar surface area (TPSA) is 76.4 Å². The van der Waals surface area contributed by atoms with E-state index in [0.717, 1.165) is 0 Å². The Morgan fingerprint density at radius 3 is 2.89 bits per heavy atom. The van der Waals surface area contributed by atoms with Crippen LogP contribution in [0.3, 0.4) is 0 Å². The Kier molecular flexibility index (Phi) is 6.83. The number of nitrogens with zero attached hydrogens (tertiary/aromatic N) is 2. The minimum absolute atomic E-state index is 0.0114. The average Bonchev–Trinajstić information content (AvgIpc) is 2.69. The van der Waals surface area contributed by atoms with Gasteiger partial charge >= 0.3 is 0 Å². The lowest BCUT2D eigenvalue weighted by molar-refractivity contribution is 0.0867. The minimum Gasteiger partial charge on any atom is -0.394 e. The van der Waals surface area contributed by atoms with Crippen LogP contribution in [-0.4, -0.2) is 47.2 Å². The van der Waals surface area contributed by atoms with E-state index in [4.69, 9.17) is 21.4 Å². The second-order valence-electron chi connectivity index (χ2n) is 4.04. The zero-order chi connectivity index (χ0) is 14.3. The molecule has 6 nitrogen and oxygen atoms in total. The number of aromatic nitrogens is 2. The molecule has 7 heteroatoms. The number of ether oxygens (including phenoxy) is 1. The van der Waals surface area contributed by atoms with Gasteiger partial charge in [-0.05, 0) is 12.8 Å². The van der Waals surface area contributed by atoms with Crippen molar-refractivity contribution in [2.45, 2.75) is 19.8 Å². The van der Waals surface area contributed by atoms with E-state index in [9.17, 15) is 4.79 Å². The quantitative estimate of drug-likeness (QED) is 0.693. The van der Waals surface area contributed by atoms with E-state index in [1.807, 2.05) is 6.92 Å². The van der Waals surface area contributed by atoms with Crippen molar-refractivity contribution in [1.29, 1.82) is 0 Å². The SMILES string of the molecule is CCc1nn(C)c(Cl)c1C(=O)NCCCOCCO. The number of carbonyl (C=O) groups excluding carboxylic acids is 1. The van der Waals surface area contributed by atoms with Gasteiger partial charge in [-0.15, -0.1) is 0 Å². The van der Waals surface area contributed by atoms with E-state index in [1.165, 1.54) is 4.68 Å². The molecule has 0 atom stereocenters.